The van der Waals surface area contributed by atoms with Crippen molar-refractivity contribution in [1.82, 2.24) is 20.1 Å². The second-order valence-corrected chi connectivity index (χ2v) is 5.73. The van der Waals surface area contributed by atoms with Crippen molar-refractivity contribution in [3.63, 3.8) is 0 Å². The number of nitrogens with one attached hydrogen (secondary N) is 1. The summed E-state index contributed by atoms with van der Waals surface area (Å²) in [5.74, 6) is 0.950. The molecule has 0 amide bonds. The Hall–Kier alpha value is -1.33. The molecule has 2 rings (SSSR count). The third-order valence-corrected chi connectivity index (χ3v) is 4.42. The summed E-state index contributed by atoms with van der Waals surface area (Å²) in [4.78, 5) is 0. The zero-order valence-electron chi connectivity index (χ0n) is 12.3. The van der Waals surface area contributed by atoms with Crippen LogP contribution in [-0.2, 0) is 13.5 Å². The highest BCUT2D eigenvalue weighted by Crippen LogP contribution is 2.23. The molecule has 0 aliphatic rings. The number of aromatic nitrogens is 3. The van der Waals surface area contributed by atoms with Crippen LogP contribution in [0.15, 0.2) is 35.7 Å². The lowest BCUT2D eigenvalue weighted by atomic mass is 10.1. The van der Waals surface area contributed by atoms with Crippen LogP contribution in [-0.4, -0.2) is 27.1 Å². The SMILES string of the molecule is CCNC(CSc1nncn1C)c1ccc(CC)cc1. The Labute approximate surface area is 125 Å². The van der Waals surface area contributed by atoms with E-state index in [1.807, 2.05) is 11.6 Å². The number of benzene rings is 1. The minimum atomic E-state index is 0.340. The third-order valence-electron chi connectivity index (χ3n) is 3.29. The average molecular weight is 290 g/mol. The number of aryl methyl sites for hydroxylation is 2. The standard InChI is InChI=1S/C15H22N4S/c1-4-12-6-8-13(9-7-12)14(16-5-2)10-20-15-18-17-11-19(15)3/h6-9,11,14,16H,4-5,10H2,1-3H3. The van der Waals surface area contributed by atoms with Gasteiger partial charge in [0.2, 0.25) is 0 Å². The molecule has 0 saturated carbocycles. The maximum Gasteiger partial charge on any atom is 0.190 e. The number of rotatable bonds is 7. The van der Waals surface area contributed by atoms with Crippen LogP contribution in [0.25, 0.3) is 0 Å². The van der Waals surface area contributed by atoms with Crippen molar-refractivity contribution in [3.05, 3.63) is 41.7 Å². The summed E-state index contributed by atoms with van der Waals surface area (Å²) in [6.45, 7) is 5.28. The molecule has 0 spiro atoms. The highest BCUT2D eigenvalue weighted by Gasteiger charge is 2.12. The van der Waals surface area contributed by atoms with E-state index in [-0.39, 0.29) is 0 Å². The first-order chi connectivity index (χ1) is 9.74. The molecule has 1 aromatic heterocycles. The smallest absolute Gasteiger partial charge is 0.190 e. The van der Waals surface area contributed by atoms with Gasteiger partial charge >= 0.3 is 0 Å². The zero-order chi connectivity index (χ0) is 14.4. The van der Waals surface area contributed by atoms with Gasteiger partial charge in [-0.25, -0.2) is 0 Å². The molecule has 5 heteroatoms. The lowest BCUT2D eigenvalue weighted by Crippen LogP contribution is -2.23. The predicted molar refractivity (Wildman–Crippen MR) is 84.0 cm³/mol. The fraction of sp³-hybridized carbons (Fsp3) is 0.467. The second-order valence-electron chi connectivity index (χ2n) is 4.74. The molecule has 0 aliphatic carbocycles. The van der Waals surface area contributed by atoms with Crippen LogP contribution >= 0.6 is 11.8 Å². The summed E-state index contributed by atoms with van der Waals surface area (Å²) >= 11 is 1.73. The minimum Gasteiger partial charge on any atom is -0.312 e. The molecule has 0 bridgehead atoms. The van der Waals surface area contributed by atoms with Crippen LogP contribution in [0.4, 0.5) is 0 Å². The van der Waals surface area contributed by atoms with Crippen LogP contribution in [0.3, 0.4) is 0 Å². The predicted octanol–water partition coefficient (Wildman–Crippen LogP) is 2.82. The molecular weight excluding hydrogens is 268 g/mol. The maximum atomic E-state index is 4.12. The van der Waals surface area contributed by atoms with Crippen LogP contribution in [0.1, 0.15) is 31.0 Å². The quantitative estimate of drug-likeness (QED) is 0.796. The summed E-state index contributed by atoms with van der Waals surface area (Å²) in [6.07, 6.45) is 2.82. The second kappa shape index (κ2) is 7.45. The molecule has 2 aromatic rings. The molecule has 0 aliphatic heterocycles. The fourth-order valence-corrected chi connectivity index (χ4v) is 3.05. The molecular formula is C15H22N4S. The summed E-state index contributed by atoms with van der Waals surface area (Å²) < 4.78 is 1.95. The van der Waals surface area contributed by atoms with E-state index >= 15 is 0 Å². The molecule has 108 valence electrons. The van der Waals surface area contributed by atoms with Crippen molar-refractivity contribution >= 4 is 11.8 Å². The highest BCUT2D eigenvalue weighted by atomic mass is 32.2. The van der Waals surface area contributed by atoms with Crippen molar-refractivity contribution < 1.29 is 0 Å². The summed E-state index contributed by atoms with van der Waals surface area (Å²) in [7, 11) is 1.97. The molecule has 1 heterocycles. The van der Waals surface area contributed by atoms with Gasteiger partial charge in [-0.1, -0.05) is 49.9 Å². The lowest BCUT2D eigenvalue weighted by Gasteiger charge is -2.18. The molecule has 20 heavy (non-hydrogen) atoms. The first-order valence-electron chi connectivity index (χ1n) is 7.03. The Morgan fingerprint density at radius 2 is 2.00 bits per heavy atom. The number of nitrogens with zero attached hydrogens (tertiary/aromatic N) is 3. The van der Waals surface area contributed by atoms with E-state index in [4.69, 9.17) is 0 Å². The molecule has 1 aromatic carbocycles. The van der Waals surface area contributed by atoms with E-state index in [0.29, 0.717) is 6.04 Å². The Bertz CT molecular complexity index is 521. The normalized spacial score (nSPS) is 12.6. The fourth-order valence-electron chi connectivity index (χ4n) is 2.07. The zero-order valence-corrected chi connectivity index (χ0v) is 13.2. The Balaban J connectivity index is 2.04. The van der Waals surface area contributed by atoms with Crippen molar-refractivity contribution in [2.24, 2.45) is 7.05 Å². The van der Waals surface area contributed by atoms with Gasteiger partial charge in [0.15, 0.2) is 5.16 Å². The van der Waals surface area contributed by atoms with Gasteiger partial charge in [-0.05, 0) is 24.1 Å². The van der Waals surface area contributed by atoms with E-state index in [0.717, 1.165) is 23.9 Å². The average Bonchev–Trinajstić information content (AvgIpc) is 2.89. The maximum absolute atomic E-state index is 4.12. The van der Waals surface area contributed by atoms with Gasteiger partial charge in [-0.2, -0.15) is 0 Å². The lowest BCUT2D eigenvalue weighted by molar-refractivity contribution is 0.604. The third kappa shape index (κ3) is 3.84. The van der Waals surface area contributed by atoms with Crippen LogP contribution in [0.5, 0.6) is 0 Å². The van der Waals surface area contributed by atoms with Crippen molar-refractivity contribution in [2.75, 3.05) is 12.3 Å². The topological polar surface area (TPSA) is 42.7 Å². The highest BCUT2D eigenvalue weighted by molar-refractivity contribution is 7.99. The van der Waals surface area contributed by atoms with Gasteiger partial charge in [0.05, 0.1) is 0 Å². The van der Waals surface area contributed by atoms with E-state index < -0.39 is 0 Å². The molecule has 0 saturated heterocycles. The van der Waals surface area contributed by atoms with Crippen LogP contribution in [0.2, 0.25) is 0 Å². The van der Waals surface area contributed by atoms with E-state index in [1.54, 1.807) is 18.1 Å². The van der Waals surface area contributed by atoms with E-state index in [9.17, 15) is 0 Å². The number of thioether (sulfide) groups is 1. The molecule has 0 fully saturated rings. The van der Waals surface area contributed by atoms with E-state index in [1.165, 1.54) is 11.1 Å². The van der Waals surface area contributed by atoms with Crippen molar-refractivity contribution in [2.45, 2.75) is 31.5 Å². The first kappa shape index (κ1) is 15.1. The molecule has 1 unspecified atom stereocenters. The number of hydrogen-bond acceptors (Lipinski definition) is 4. The molecule has 1 N–H and O–H groups in total. The minimum absolute atomic E-state index is 0.340. The van der Waals surface area contributed by atoms with Crippen molar-refractivity contribution in [1.29, 1.82) is 0 Å². The largest absolute Gasteiger partial charge is 0.312 e. The van der Waals surface area contributed by atoms with Gasteiger partial charge in [0.25, 0.3) is 0 Å². The first-order valence-corrected chi connectivity index (χ1v) is 8.02. The van der Waals surface area contributed by atoms with Crippen LogP contribution in [0, 0.1) is 0 Å². The van der Waals surface area contributed by atoms with Gasteiger partial charge < -0.3 is 9.88 Å². The van der Waals surface area contributed by atoms with Crippen molar-refractivity contribution in [3.8, 4) is 0 Å². The van der Waals surface area contributed by atoms with Gasteiger partial charge in [0, 0.05) is 18.8 Å². The summed E-state index contributed by atoms with van der Waals surface area (Å²) in [5.41, 5.74) is 2.71. The van der Waals surface area contributed by atoms with Gasteiger partial charge in [0.1, 0.15) is 6.33 Å². The monoisotopic (exact) mass is 290 g/mol. The Morgan fingerprint density at radius 1 is 1.25 bits per heavy atom. The molecule has 0 radical (unpaired) electrons. The molecule has 4 nitrogen and oxygen atoms in total. The summed E-state index contributed by atoms with van der Waals surface area (Å²) in [5, 5.41) is 12.5. The van der Waals surface area contributed by atoms with Gasteiger partial charge in [-0.3, -0.25) is 0 Å². The molecule has 1 atom stereocenters. The summed E-state index contributed by atoms with van der Waals surface area (Å²) in [6, 6.07) is 9.22. The van der Waals surface area contributed by atoms with E-state index in [2.05, 4.69) is 53.6 Å². The Morgan fingerprint density at radius 3 is 2.55 bits per heavy atom. The van der Waals surface area contributed by atoms with Crippen LogP contribution < -0.4 is 5.32 Å². The van der Waals surface area contributed by atoms with Gasteiger partial charge in [-0.15, -0.1) is 10.2 Å². The number of hydrogen-bond donors (Lipinski definition) is 1. The Kier molecular flexibility index (Phi) is 5.61.